The van der Waals surface area contributed by atoms with E-state index < -0.39 is 5.97 Å². The van der Waals surface area contributed by atoms with Crippen LogP contribution in [0.4, 0.5) is 5.69 Å². The number of ether oxygens (including phenoxy) is 2. The minimum absolute atomic E-state index is 0.299. The molecule has 0 radical (unpaired) electrons. The topological polar surface area (TPSA) is 74.4 Å². The standard InChI is InChI=1S/C8H10N2O3/c1-12-7-6(9)3-5(4-10-7)8(11)13-2/h3-4H,9H2,1-2H3. The maximum atomic E-state index is 11.0. The second kappa shape index (κ2) is 3.75. The van der Waals surface area contributed by atoms with Gasteiger partial charge in [-0.25, -0.2) is 9.78 Å². The largest absolute Gasteiger partial charge is 0.480 e. The van der Waals surface area contributed by atoms with Gasteiger partial charge in [0.25, 0.3) is 0 Å². The molecule has 1 aromatic rings. The molecule has 0 saturated carbocycles. The lowest BCUT2D eigenvalue weighted by atomic mass is 10.2. The van der Waals surface area contributed by atoms with Gasteiger partial charge in [-0.2, -0.15) is 0 Å². The summed E-state index contributed by atoms with van der Waals surface area (Å²) in [4.78, 5) is 14.8. The maximum Gasteiger partial charge on any atom is 0.339 e. The van der Waals surface area contributed by atoms with Gasteiger partial charge in [-0.3, -0.25) is 0 Å². The molecular weight excluding hydrogens is 172 g/mol. The van der Waals surface area contributed by atoms with Crippen molar-refractivity contribution in [3.8, 4) is 5.88 Å². The third kappa shape index (κ3) is 1.87. The average Bonchev–Trinajstić information content (AvgIpc) is 2.16. The minimum atomic E-state index is -0.471. The van der Waals surface area contributed by atoms with Crippen LogP contribution in [0, 0.1) is 0 Å². The quantitative estimate of drug-likeness (QED) is 0.672. The zero-order valence-corrected chi connectivity index (χ0v) is 7.40. The van der Waals surface area contributed by atoms with Crippen molar-refractivity contribution in [2.45, 2.75) is 0 Å². The fourth-order valence-electron chi connectivity index (χ4n) is 0.869. The van der Waals surface area contributed by atoms with Crippen LogP contribution in [-0.4, -0.2) is 25.2 Å². The fourth-order valence-corrected chi connectivity index (χ4v) is 0.869. The number of hydrogen-bond donors (Lipinski definition) is 1. The number of aromatic nitrogens is 1. The average molecular weight is 182 g/mol. The van der Waals surface area contributed by atoms with E-state index in [1.165, 1.54) is 26.5 Å². The first kappa shape index (κ1) is 9.31. The van der Waals surface area contributed by atoms with Crippen LogP contribution >= 0.6 is 0 Å². The van der Waals surface area contributed by atoms with Gasteiger partial charge in [-0.15, -0.1) is 0 Å². The Morgan fingerprint density at radius 3 is 2.69 bits per heavy atom. The van der Waals surface area contributed by atoms with E-state index in [2.05, 4.69) is 9.72 Å². The molecule has 5 nitrogen and oxygen atoms in total. The first-order chi connectivity index (χ1) is 6.19. The van der Waals surface area contributed by atoms with E-state index in [9.17, 15) is 4.79 Å². The Kier molecular flexibility index (Phi) is 2.69. The summed E-state index contributed by atoms with van der Waals surface area (Å²) in [7, 11) is 2.75. The highest BCUT2D eigenvalue weighted by Gasteiger charge is 2.08. The first-order valence-electron chi connectivity index (χ1n) is 3.57. The Bertz CT molecular complexity index is 325. The van der Waals surface area contributed by atoms with Crippen LogP contribution < -0.4 is 10.5 Å². The van der Waals surface area contributed by atoms with Gasteiger partial charge in [-0.1, -0.05) is 0 Å². The Hall–Kier alpha value is -1.78. The number of pyridine rings is 1. The number of nitrogens with zero attached hydrogens (tertiary/aromatic N) is 1. The monoisotopic (exact) mass is 182 g/mol. The first-order valence-corrected chi connectivity index (χ1v) is 3.57. The van der Waals surface area contributed by atoms with Crippen molar-refractivity contribution in [3.63, 3.8) is 0 Å². The summed E-state index contributed by atoms with van der Waals surface area (Å²) in [6.45, 7) is 0. The molecule has 2 N–H and O–H groups in total. The van der Waals surface area contributed by atoms with E-state index in [1.54, 1.807) is 0 Å². The van der Waals surface area contributed by atoms with E-state index in [4.69, 9.17) is 10.5 Å². The second-order valence-corrected chi connectivity index (χ2v) is 2.31. The Morgan fingerprint density at radius 2 is 2.23 bits per heavy atom. The number of anilines is 1. The third-order valence-corrected chi connectivity index (χ3v) is 1.49. The van der Waals surface area contributed by atoms with E-state index in [0.717, 1.165) is 0 Å². The fraction of sp³-hybridized carbons (Fsp3) is 0.250. The molecule has 1 rings (SSSR count). The molecule has 0 bridgehead atoms. The van der Waals surface area contributed by atoms with Crippen LogP contribution in [0.15, 0.2) is 12.3 Å². The smallest absolute Gasteiger partial charge is 0.339 e. The number of esters is 1. The van der Waals surface area contributed by atoms with Crippen LogP contribution in [0.5, 0.6) is 5.88 Å². The van der Waals surface area contributed by atoms with Crippen LogP contribution in [0.1, 0.15) is 10.4 Å². The van der Waals surface area contributed by atoms with Crippen LogP contribution in [0.2, 0.25) is 0 Å². The van der Waals surface area contributed by atoms with Gasteiger partial charge in [0.1, 0.15) is 0 Å². The highest BCUT2D eigenvalue weighted by Crippen LogP contribution is 2.18. The maximum absolute atomic E-state index is 11.0. The molecule has 0 fully saturated rings. The van der Waals surface area contributed by atoms with Crippen molar-refractivity contribution in [1.29, 1.82) is 0 Å². The lowest BCUT2D eigenvalue weighted by Gasteiger charge is -2.04. The molecule has 13 heavy (non-hydrogen) atoms. The summed E-state index contributed by atoms with van der Waals surface area (Å²) in [5.74, 6) is -0.172. The van der Waals surface area contributed by atoms with E-state index >= 15 is 0 Å². The molecule has 0 aliphatic carbocycles. The van der Waals surface area contributed by atoms with Gasteiger partial charge >= 0.3 is 5.97 Å². The van der Waals surface area contributed by atoms with Crippen LogP contribution in [0.25, 0.3) is 0 Å². The zero-order chi connectivity index (χ0) is 9.84. The second-order valence-electron chi connectivity index (χ2n) is 2.31. The number of nitrogens with two attached hydrogens (primary N) is 1. The van der Waals surface area contributed by atoms with Gasteiger partial charge in [0.2, 0.25) is 5.88 Å². The molecule has 1 heterocycles. The van der Waals surface area contributed by atoms with Crippen LogP contribution in [-0.2, 0) is 4.74 Å². The van der Waals surface area contributed by atoms with E-state index in [-0.39, 0.29) is 0 Å². The van der Waals surface area contributed by atoms with Gasteiger partial charge in [0.15, 0.2) is 0 Å². The number of methoxy groups -OCH3 is 2. The number of carbonyl (C=O) groups excluding carboxylic acids is 1. The molecule has 0 atom stereocenters. The van der Waals surface area contributed by atoms with Crippen molar-refractivity contribution in [1.82, 2.24) is 4.98 Å². The Morgan fingerprint density at radius 1 is 1.54 bits per heavy atom. The number of nitrogen functional groups attached to an aromatic ring is 1. The van der Waals surface area contributed by atoms with Crippen molar-refractivity contribution < 1.29 is 14.3 Å². The normalized spacial score (nSPS) is 9.38. The SMILES string of the molecule is COC(=O)c1cnc(OC)c(N)c1. The molecule has 0 aromatic carbocycles. The van der Waals surface area contributed by atoms with Crippen LogP contribution in [0.3, 0.4) is 0 Å². The Labute approximate surface area is 75.5 Å². The highest BCUT2D eigenvalue weighted by molar-refractivity contribution is 5.90. The molecular formula is C8H10N2O3. The third-order valence-electron chi connectivity index (χ3n) is 1.49. The van der Waals surface area contributed by atoms with Crippen molar-refractivity contribution in [2.75, 3.05) is 20.0 Å². The molecule has 0 amide bonds. The molecule has 0 unspecified atom stereocenters. The predicted molar refractivity (Wildman–Crippen MR) is 46.5 cm³/mol. The molecule has 0 aliphatic heterocycles. The van der Waals surface area contributed by atoms with Crippen molar-refractivity contribution >= 4 is 11.7 Å². The van der Waals surface area contributed by atoms with Gasteiger partial charge < -0.3 is 15.2 Å². The van der Waals surface area contributed by atoms with Gasteiger partial charge in [-0.05, 0) is 6.07 Å². The molecule has 0 spiro atoms. The van der Waals surface area contributed by atoms with E-state index in [1.807, 2.05) is 0 Å². The lowest BCUT2D eigenvalue weighted by Crippen LogP contribution is -2.04. The van der Waals surface area contributed by atoms with Gasteiger partial charge in [0.05, 0.1) is 25.5 Å². The van der Waals surface area contributed by atoms with Crippen molar-refractivity contribution in [2.24, 2.45) is 0 Å². The molecule has 0 aliphatic rings. The molecule has 0 saturated heterocycles. The van der Waals surface area contributed by atoms with Crippen molar-refractivity contribution in [3.05, 3.63) is 17.8 Å². The lowest BCUT2D eigenvalue weighted by molar-refractivity contribution is 0.0600. The summed E-state index contributed by atoms with van der Waals surface area (Å²) in [5.41, 5.74) is 6.15. The molecule has 5 heteroatoms. The van der Waals surface area contributed by atoms with E-state index in [0.29, 0.717) is 17.1 Å². The number of carbonyl (C=O) groups is 1. The highest BCUT2D eigenvalue weighted by atomic mass is 16.5. The summed E-state index contributed by atoms with van der Waals surface area (Å²) < 4.78 is 9.31. The summed E-state index contributed by atoms with van der Waals surface area (Å²) in [5, 5.41) is 0. The number of rotatable bonds is 2. The van der Waals surface area contributed by atoms with Gasteiger partial charge in [0, 0.05) is 6.20 Å². The predicted octanol–water partition coefficient (Wildman–Crippen LogP) is 0.459. The summed E-state index contributed by atoms with van der Waals surface area (Å²) in [6, 6.07) is 1.46. The zero-order valence-electron chi connectivity index (χ0n) is 7.40. The summed E-state index contributed by atoms with van der Waals surface area (Å²) in [6.07, 6.45) is 1.35. The number of hydrogen-bond acceptors (Lipinski definition) is 5. The summed E-state index contributed by atoms with van der Waals surface area (Å²) >= 11 is 0. The molecule has 1 aromatic heterocycles. The molecule has 70 valence electrons. The Balaban J connectivity index is 3.02. The minimum Gasteiger partial charge on any atom is -0.480 e.